The summed E-state index contributed by atoms with van der Waals surface area (Å²) in [6, 6.07) is 8.11. The van der Waals surface area contributed by atoms with Crippen LogP contribution in [0.2, 0.25) is 0 Å². The zero-order valence-corrected chi connectivity index (χ0v) is 16.9. The van der Waals surface area contributed by atoms with E-state index in [-0.39, 0.29) is 17.7 Å². The Balaban J connectivity index is 1.36. The molecule has 1 atom stereocenters. The minimum Gasteiger partial charge on any atom is -0.352 e. The molecule has 1 aromatic heterocycles. The lowest BCUT2D eigenvalue weighted by atomic mass is 9.97. The van der Waals surface area contributed by atoms with Crippen molar-refractivity contribution < 1.29 is 9.59 Å². The van der Waals surface area contributed by atoms with Crippen LogP contribution in [0.15, 0.2) is 24.3 Å². The Labute approximate surface area is 168 Å². The molecule has 2 aliphatic heterocycles. The molecule has 0 bridgehead atoms. The van der Waals surface area contributed by atoms with Gasteiger partial charge in [0.1, 0.15) is 0 Å². The average molecular weight is 400 g/mol. The van der Waals surface area contributed by atoms with E-state index >= 15 is 0 Å². The number of rotatable bonds is 5. The maximum absolute atomic E-state index is 12.7. The van der Waals surface area contributed by atoms with Gasteiger partial charge >= 0.3 is 0 Å². The van der Waals surface area contributed by atoms with Gasteiger partial charge in [-0.25, -0.2) is 0 Å². The summed E-state index contributed by atoms with van der Waals surface area (Å²) < 4.78 is 0. The summed E-state index contributed by atoms with van der Waals surface area (Å²) in [4.78, 5) is 28.5. The SMILES string of the molecule is Cc1ccccc1CNC(=O)C1CCCN(c2nnc(N3CCCC3=O)s2)C1. The van der Waals surface area contributed by atoms with Crippen molar-refractivity contribution in [2.24, 2.45) is 5.92 Å². The van der Waals surface area contributed by atoms with Gasteiger partial charge in [-0.05, 0) is 37.3 Å². The van der Waals surface area contributed by atoms with E-state index in [1.165, 1.54) is 16.9 Å². The molecule has 2 fully saturated rings. The van der Waals surface area contributed by atoms with Crippen molar-refractivity contribution in [3.05, 3.63) is 35.4 Å². The third kappa shape index (κ3) is 4.01. The summed E-state index contributed by atoms with van der Waals surface area (Å²) in [5.41, 5.74) is 2.33. The summed E-state index contributed by atoms with van der Waals surface area (Å²) >= 11 is 1.44. The monoisotopic (exact) mass is 399 g/mol. The smallest absolute Gasteiger partial charge is 0.228 e. The molecular weight excluding hydrogens is 374 g/mol. The van der Waals surface area contributed by atoms with E-state index in [4.69, 9.17) is 0 Å². The number of amides is 2. The first-order valence-corrected chi connectivity index (χ1v) is 10.6. The van der Waals surface area contributed by atoms with Gasteiger partial charge in [0.05, 0.1) is 5.92 Å². The fourth-order valence-electron chi connectivity index (χ4n) is 3.80. The van der Waals surface area contributed by atoms with E-state index < -0.39 is 0 Å². The standard InChI is InChI=1S/C20H25N5O2S/c1-14-6-2-3-7-15(14)12-21-18(27)16-8-4-10-24(13-16)19-22-23-20(28-19)25-11-5-9-17(25)26/h2-3,6-7,16H,4-5,8-13H2,1H3,(H,21,27). The second kappa shape index (κ2) is 8.26. The summed E-state index contributed by atoms with van der Waals surface area (Å²) in [5.74, 6) is 0.153. The highest BCUT2D eigenvalue weighted by Gasteiger charge is 2.30. The van der Waals surface area contributed by atoms with Gasteiger partial charge < -0.3 is 10.2 Å². The number of aryl methyl sites for hydroxylation is 1. The van der Waals surface area contributed by atoms with Gasteiger partial charge in [-0.1, -0.05) is 35.6 Å². The first-order valence-electron chi connectivity index (χ1n) is 9.83. The molecule has 1 unspecified atom stereocenters. The van der Waals surface area contributed by atoms with Crippen LogP contribution < -0.4 is 15.1 Å². The highest BCUT2D eigenvalue weighted by Crippen LogP contribution is 2.32. The van der Waals surface area contributed by atoms with E-state index in [0.29, 0.717) is 24.6 Å². The Morgan fingerprint density at radius 1 is 1.21 bits per heavy atom. The lowest BCUT2D eigenvalue weighted by Crippen LogP contribution is -2.43. The van der Waals surface area contributed by atoms with Gasteiger partial charge in [-0.3, -0.25) is 14.5 Å². The van der Waals surface area contributed by atoms with Gasteiger partial charge in [0, 0.05) is 32.6 Å². The molecule has 2 aromatic rings. The third-order valence-corrected chi connectivity index (χ3v) is 6.49. The Morgan fingerprint density at radius 2 is 2.04 bits per heavy atom. The predicted octanol–water partition coefficient (Wildman–Crippen LogP) is 2.51. The zero-order chi connectivity index (χ0) is 19.5. The molecule has 7 nitrogen and oxygen atoms in total. The minimum absolute atomic E-state index is 0.0569. The fraction of sp³-hybridized carbons (Fsp3) is 0.500. The van der Waals surface area contributed by atoms with Crippen molar-refractivity contribution in [2.45, 2.75) is 39.2 Å². The quantitative estimate of drug-likeness (QED) is 0.836. The number of benzene rings is 1. The van der Waals surface area contributed by atoms with Crippen molar-refractivity contribution in [2.75, 3.05) is 29.4 Å². The average Bonchev–Trinajstić information content (AvgIpc) is 3.36. The topological polar surface area (TPSA) is 78.4 Å². The van der Waals surface area contributed by atoms with Crippen molar-refractivity contribution in [1.29, 1.82) is 0 Å². The number of piperidine rings is 1. The first kappa shape index (κ1) is 18.9. The molecular formula is C20H25N5O2S. The number of hydrogen-bond acceptors (Lipinski definition) is 6. The highest BCUT2D eigenvalue weighted by atomic mass is 32.1. The Hall–Kier alpha value is -2.48. The van der Waals surface area contributed by atoms with E-state index in [0.717, 1.165) is 43.0 Å². The number of hydrogen-bond donors (Lipinski definition) is 1. The fourth-order valence-corrected chi connectivity index (χ4v) is 4.72. The molecule has 148 valence electrons. The van der Waals surface area contributed by atoms with Crippen LogP contribution in [-0.4, -0.2) is 41.6 Å². The van der Waals surface area contributed by atoms with Gasteiger partial charge in [0.2, 0.25) is 22.1 Å². The molecule has 2 amide bonds. The summed E-state index contributed by atoms with van der Waals surface area (Å²) in [5, 5.41) is 13.1. The molecule has 0 saturated carbocycles. The number of carbonyl (C=O) groups excluding carboxylic acids is 2. The molecule has 2 saturated heterocycles. The second-order valence-electron chi connectivity index (χ2n) is 7.45. The molecule has 0 aliphatic carbocycles. The molecule has 8 heteroatoms. The van der Waals surface area contributed by atoms with Gasteiger partial charge in [-0.15, -0.1) is 10.2 Å². The van der Waals surface area contributed by atoms with Gasteiger partial charge in [0.15, 0.2) is 0 Å². The van der Waals surface area contributed by atoms with Gasteiger partial charge in [-0.2, -0.15) is 0 Å². The molecule has 3 heterocycles. The molecule has 2 aliphatic rings. The van der Waals surface area contributed by atoms with Crippen molar-refractivity contribution in [3.8, 4) is 0 Å². The summed E-state index contributed by atoms with van der Waals surface area (Å²) in [6.07, 6.45) is 3.29. The largest absolute Gasteiger partial charge is 0.352 e. The minimum atomic E-state index is -0.0569. The second-order valence-corrected chi connectivity index (χ2v) is 8.38. The molecule has 1 N–H and O–H groups in total. The number of carbonyl (C=O) groups is 2. The first-order chi connectivity index (χ1) is 13.6. The van der Waals surface area contributed by atoms with E-state index in [9.17, 15) is 9.59 Å². The molecule has 1 aromatic carbocycles. The van der Waals surface area contributed by atoms with E-state index in [1.807, 2.05) is 18.2 Å². The third-order valence-electron chi connectivity index (χ3n) is 5.49. The Kier molecular flexibility index (Phi) is 5.57. The van der Waals surface area contributed by atoms with Crippen LogP contribution in [-0.2, 0) is 16.1 Å². The number of nitrogens with zero attached hydrogens (tertiary/aromatic N) is 4. The Bertz CT molecular complexity index is 868. The van der Waals surface area contributed by atoms with Gasteiger partial charge in [0.25, 0.3) is 0 Å². The van der Waals surface area contributed by atoms with Crippen molar-refractivity contribution in [3.63, 3.8) is 0 Å². The molecule has 28 heavy (non-hydrogen) atoms. The van der Waals surface area contributed by atoms with Crippen LogP contribution in [0.1, 0.15) is 36.8 Å². The lowest BCUT2D eigenvalue weighted by Gasteiger charge is -2.31. The maximum atomic E-state index is 12.7. The molecule has 4 rings (SSSR count). The summed E-state index contributed by atoms with van der Waals surface area (Å²) in [6.45, 7) is 4.84. The van der Waals surface area contributed by atoms with E-state index in [2.05, 4.69) is 33.4 Å². The van der Waals surface area contributed by atoms with Crippen LogP contribution in [0.3, 0.4) is 0 Å². The predicted molar refractivity (Wildman–Crippen MR) is 109 cm³/mol. The highest BCUT2D eigenvalue weighted by molar-refractivity contribution is 7.19. The molecule has 0 radical (unpaired) electrons. The number of anilines is 2. The lowest BCUT2D eigenvalue weighted by molar-refractivity contribution is -0.125. The Morgan fingerprint density at radius 3 is 2.82 bits per heavy atom. The van der Waals surface area contributed by atoms with Crippen LogP contribution >= 0.6 is 11.3 Å². The van der Waals surface area contributed by atoms with Crippen molar-refractivity contribution in [1.82, 2.24) is 15.5 Å². The number of aromatic nitrogens is 2. The summed E-state index contributed by atoms with van der Waals surface area (Å²) in [7, 11) is 0. The zero-order valence-electron chi connectivity index (χ0n) is 16.1. The van der Waals surface area contributed by atoms with Crippen molar-refractivity contribution >= 4 is 33.4 Å². The van der Waals surface area contributed by atoms with Crippen LogP contribution in [0, 0.1) is 12.8 Å². The van der Waals surface area contributed by atoms with Crippen LogP contribution in [0.25, 0.3) is 0 Å². The van der Waals surface area contributed by atoms with Crippen LogP contribution in [0.5, 0.6) is 0 Å². The number of nitrogens with one attached hydrogen (secondary N) is 1. The normalized spacial score (nSPS) is 19.9. The maximum Gasteiger partial charge on any atom is 0.228 e. The molecule has 0 spiro atoms. The van der Waals surface area contributed by atoms with Crippen LogP contribution in [0.4, 0.5) is 10.3 Å². The van der Waals surface area contributed by atoms with E-state index in [1.54, 1.807) is 4.90 Å².